The first-order valence-corrected chi connectivity index (χ1v) is 13.7. The smallest absolute Gasteiger partial charge is 0.119 e. The molecular weight excluding hydrogens is 458 g/mol. The third-order valence-corrected chi connectivity index (χ3v) is 7.76. The molecule has 0 radical (unpaired) electrons. The summed E-state index contributed by atoms with van der Waals surface area (Å²) >= 11 is 0. The van der Waals surface area contributed by atoms with Crippen molar-refractivity contribution >= 4 is 11.1 Å². The van der Waals surface area contributed by atoms with Crippen molar-refractivity contribution in [1.29, 1.82) is 0 Å². The number of benzene rings is 3. The molecule has 0 unspecified atom stereocenters. The van der Waals surface area contributed by atoms with E-state index in [0.29, 0.717) is 0 Å². The van der Waals surface area contributed by atoms with E-state index in [1.807, 2.05) is 0 Å². The molecule has 0 bridgehead atoms. The van der Waals surface area contributed by atoms with E-state index in [4.69, 9.17) is 14.2 Å². The van der Waals surface area contributed by atoms with E-state index < -0.39 is 0 Å². The summed E-state index contributed by atoms with van der Waals surface area (Å²) in [7, 11) is 3.45. The van der Waals surface area contributed by atoms with E-state index in [9.17, 15) is 0 Å². The summed E-state index contributed by atoms with van der Waals surface area (Å²) in [6, 6.07) is 23.7. The second-order valence-electron chi connectivity index (χ2n) is 10.1. The Hall–Kier alpha value is -3.24. The topological polar surface area (TPSA) is 30.9 Å². The highest BCUT2D eigenvalue weighted by molar-refractivity contribution is 5.94. The molecule has 37 heavy (non-hydrogen) atoms. The number of likely N-dealkylation sites (tertiary alicyclic amines) is 1. The molecule has 2 aliphatic rings. The molecule has 0 spiro atoms. The van der Waals surface area contributed by atoms with Crippen molar-refractivity contribution in [2.45, 2.75) is 44.9 Å². The van der Waals surface area contributed by atoms with Crippen molar-refractivity contribution in [3.8, 4) is 17.2 Å². The maximum atomic E-state index is 6.11. The molecule has 5 rings (SSSR count). The van der Waals surface area contributed by atoms with E-state index in [0.717, 1.165) is 49.7 Å². The molecule has 0 N–H and O–H groups in total. The van der Waals surface area contributed by atoms with Crippen molar-refractivity contribution < 1.29 is 14.2 Å². The van der Waals surface area contributed by atoms with Gasteiger partial charge in [0.15, 0.2) is 0 Å². The van der Waals surface area contributed by atoms with Crippen molar-refractivity contribution in [2.75, 3.05) is 40.5 Å². The molecule has 0 saturated carbocycles. The van der Waals surface area contributed by atoms with Crippen LogP contribution in [0.3, 0.4) is 0 Å². The molecular formula is C33H39NO3. The summed E-state index contributed by atoms with van der Waals surface area (Å²) < 4.78 is 17.0. The van der Waals surface area contributed by atoms with Gasteiger partial charge in [0.25, 0.3) is 0 Å². The second kappa shape index (κ2) is 12.3. The molecule has 3 aromatic rings. The number of methoxy groups -OCH3 is 2. The van der Waals surface area contributed by atoms with Crippen molar-refractivity contribution in [1.82, 2.24) is 4.90 Å². The lowest BCUT2D eigenvalue weighted by atomic mass is 9.80. The highest BCUT2D eigenvalue weighted by Gasteiger charge is 2.21. The van der Waals surface area contributed by atoms with E-state index in [1.54, 1.807) is 14.2 Å². The third-order valence-electron chi connectivity index (χ3n) is 7.76. The first-order valence-electron chi connectivity index (χ1n) is 13.7. The summed E-state index contributed by atoms with van der Waals surface area (Å²) in [5.74, 6) is 2.77. The number of ether oxygens (including phenoxy) is 3. The monoisotopic (exact) mass is 497 g/mol. The molecule has 1 heterocycles. The Morgan fingerprint density at radius 2 is 1.38 bits per heavy atom. The van der Waals surface area contributed by atoms with Crippen LogP contribution in [-0.2, 0) is 12.8 Å². The molecule has 0 atom stereocenters. The third kappa shape index (κ3) is 6.37. The number of hydrogen-bond donors (Lipinski definition) is 0. The van der Waals surface area contributed by atoms with E-state index in [2.05, 4.69) is 71.6 Å². The largest absolute Gasteiger partial charge is 0.497 e. The van der Waals surface area contributed by atoms with Crippen molar-refractivity contribution in [2.24, 2.45) is 0 Å². The van der Waals surface area contributed by atoms with Gasteiger partial charge in [-0.25, -0.2) is 0 Å². The molecule has 3 aromatic carbocycles. The first kappa shape index (κ1) is 25.4. The predicted octanol–water partition coefficient (Wildman–Crippen LogP) is 7.06. The van der Waals surface area contributed by atoms with E-state index in [1.165, 1.54) is 72.2 Å². The number of allylic oxidation sites excluding steroid dienone is 2. The Labute approximate surface area is 221 Å². The zero-order chi connectivity index (χ0) is 25.5. The van der Waals surface area contributed by atoms with Gasteiger partial charge < -0.3 is 14.2 Å². The summed E-state index contributed by atoms with van der Waals surface area (Å²) in [6.07, 6.45) is 8.29. The fourth-order valence-corrected chi connectivity index (χ4v) is 5.64. The van der Waals surface area contributed by atoms with Crippen LogP contribution < -0.4 is 14.2 Å². The van der Waals surface area contributed by atoms with Crippen LogP contribution in [0.2, 0.25) is 0 Å². The van der Waals surface area contributed by atoms with E-state index >= 15 is 0 Å². The minimum absolute atomic E-state index is 0.751. The minimum atomic E-state index is 0.751. The first-order chi connectivity index (χ1) is 18.2. The van der Waals surface area contributed by atoms with Gasteiger partial charge in [-0.2, -0.15) is 0 Å². The lowest BCUT2D eigenvalue weighted by molar-refractivity contribution is 0.214. The summed E-state index contributed by atoms with van der Waals surface area (Å²) in [5.41, 5.74) is 8.06. The van der Waals surface area contributed by atoms with Crippen LogP contribution in [0.25, 0.3) is 11.1 Å². The van der Waals surface area contributed by atoms with Gasteiger partial charge in [0, 0.05) is 6.54 Å². The van der Waals surface area contributed by atoms with Gasteiger partial charge in [0.05, 0.1) is 14.2 Å². The summed E-state index contributed by atoms with van der Waals surface area (Å²) in [5, 5.41) is 0. The summed E-state index contributed by atoms with van der Waals surface area (Å²) in [4.78, 5) is 2.55. The molecule has 0 aromatic heterocycles. The zero-order valence-corrected chi connectivity index (χ0v) is 22.3. The number of rotatable bonds is 9. The molecule has 1 saturated heterocycles. The Morgan fingerprint density at radius 3 is 2.08 bits per heavy atom. The quantitative estimate of drug-likeness (QED) is 0.317. The minimum Gasteiger partial charge on any atom is -0.497 e. The predicted molar refractivity (Wildman–Crippen MR) is 152 cm³/mol. The number of aryl methyl sites for hydroxylation is 1. The van der Waals surface area contributed by atoms with Gasteiger partial charge >= 0.3 is 0 Å². The maximum absolute atomic E-state index is 6.11. The van der Waals surface area contributed by atoms with Gasteiger partial charge in [-0.05, 0) is 115 Å². The highest BCUT2D eigenvalue weighted by atomic mass is 16.5. The summed E-state index contributed by atoms with van der Waals surface area (Å²) in [6.45, 7) is 4.18. The maximum Gasteiger partial charge on any atom is 0.119 e. The van der Waals surface area contributed by atoms with Crippen molar-refractivity contribution in [3.05, 3.63) is 89.0 Å². The average molecular weight is 498 g/mol. The van der Waals surface area contributed by atoms with Crippen molar-refractivity contribution in [3.63, 3.8) is 0 Å². The molecule has 0 amide bonds. The van der Waals surface area contributed by atoms with Gasteiger partial charge in [0.2, 0.25) is 0 Å². The zero-order valence-electron chi connectivity index (χ0n) is 22.3. The SMILES string of the molecule is COc1ccc(C2=C(Cc3ccc(OCCN4CCCCCC4)cc3)c3ccc(OC)cc3CC2)cc1. The number of fused-ring (bicyclic) bond motifs is 1. The van der Waals surface area contributed by atoms with Crippen LogP contribution in [0.15, 0.2) is 66.7 Å². The Kier molecular flexibility index (Phi) is 8.47. The second-order valence-corrected chi connectivity index (χ2v) is 10.1. The molecule has 1 aliphatic carbocycles. The van der Waals surface area contributed by atoms with Crippen LogP contribution >= 0.6 is 0 Å². The Balaban J connectivity index is 1.33. The number of hydrogen-bond acceptors (Lipinski definition) is 4. The standard InChI is InChI=1S/C33H39NO3/c1-35-28-14-9-26(10-15-28)31-17-11-27-24-30(36-2)16-18-32(27)33(31)23-25-7-12-29(13-8-25)37-22-21-34-19-5-3-4-6-20-34/h7-10,12-16,18,24H,3-6,11,17,19-23H2,1-2H3. The van der Waals surface area contributed by atoms with E-state index in [-0.39, 0.29) is 0 Å². The van der Waals surface area contributed by atoms with Crippen LogP contribution in [-0.4, -0.2) is 45.4 Å². The lowest BCUT2D eigenvalue weighted by Crippen LogP contribution is -2.29. The molecule has 1 fully saturated rings. The Bertz CT molecular complexity index is 1190. The normalized spacial score (nSPS) is 16.2. The van der Waals surface area contributed by atoms with Crippen LogP contribution in [0.5, 0.6) is 17.2 Å². The van der Waals surface area contributed by atoms with Crippen LogP contribution in [0.4, 0.5) is 0 Å². The van der Waals surface area contributed by atoms with Gasteiger partial charge in [0.1, 0.15) is 23.9 Å². The fourth-order valence-electron chi connectivity index (χ4n) is 5.64. The molecule has 4 nitrogen and oxygen atoms in total. The van der Waals surface area contributed by atoms with Gasteiger partial charge in [-0.3, -0.25) is 4.90 Å². The van der Waals surface area contributed by atoms with Gasteiger partial charge in [-0.1, -0.05) is 43.2 Å². The number of nitrogens with zero attached hydrogens (tertiary/aromatic N) is 1. The molecule has 1 aliphatic heterocycles. The lowest BCUT2D eigenvalue weighted by Gasteiger charge is -2.25. The molecule has 194 valence electrons. The average Bonchev–Trinajstić information content (AvgIpc) is 3.23. The highest BCUT2D eigenvalue weighted by Crippen LogP contribution is 2.40. The van der Waals surface area contributed by atoms with Crippen LogP contribution in [0.1, 0.15) is 54.4 Å². The molecule has 4 heteroatoms. The van der Waals surface area contributed by atoms with Crippen LogP contribution in [0, 0.1) is 0 Å². The van der Waals surface area contributed by atoms with Gasteiger partial charge in [-0.15, -0.1) is 0 Å². The fraction of sp³-hybridized carbons (Fsp3) is 0.394. The Morgan fingerprint density at radius 1 is 0.703 bits per heavy atom.